The average molecular weight is 346 g/mol. The summed E-state index contributed by atoms with van der Waals surface area (Å²) < 4.78 is 1.23. The molecule has 1 aromatic heterocycles. The first kappa shape index (κ1) is 17.4. The number of fused-ring (bicyclic) bond motifs is 1. The molecule has 5 heteroatoms. The number of likely N-dealkylation sites (tertiary alicyclic amines) is 1. The number of piperidine rings is 1. The van der Waals surface area contributed by atoms with Crippen LogP contribution in [0.1, 0.15) is 51.1 Å². The van der Waals surface area contributed by atoms with Crippen molar-refractivity contribution in [3.63, 3.8) is 0 Å². The van der Waals surface area contributed by atoms with Gasteiger partial charge in [-0.15, -0.1) is 11.3 Å². The summed E-state index contributed by atoms with van der Waals surface area (Å²) in [4.78, 5) is 19.5. The van der Waals surface area contributed by atoms with Gasteiger partial charge in [0.2, 0.25) is 5.91 Å². The van der Waals surface area contributed by atoms with Gasteiger partial charge in [0.1, 0.15) is 5.01 Å². The van der Waals surface area contributed by atoms with Gasteiger partial charge in [-0.25, -0.2) is 4.98 Å². The highest BCUT2D eigenvalue weighted by molar-refractivity contribution is 7.18. The molecule has 0 radical (unpaired) electrons. The smallest absolute Gasteiger partial charge is 0.234 e. The maximum absolute atomic E-state index is 12.4. The van der Waals surface area contributed by atoms with Crippen molar-refractivity contribution in [3.05, 3.63) is 29.3 Å². The van der Waals surface area contributed by atoms with Gasteiger partial charge >= 0.3 is 0 Å². The highest BCUT2D eigenvalue weighted by Crippen LogP contribution is 2.35. The fourth-order valence-electron chi connectivity index (χ4n) is 3.14. The number of nitrogens with zero attached hydrogens (tertiary/aromatic N) is 2. The molecule has 1 amide bonds. The molecule has 1 N–H and O–H groups in total. The normalized spacial score (nSPS) is 20.4. The highest BCUT2D eigenvalue weighted by Gasteiger charge is 2.28. The molecule has 4 nitrogen and oxygen atoms in total. The van der Waals surface area contributed by atoms with Crippen LogP contribution in [0.5, 0.6) is 0 Å². The van der Waals surface area contributed by atoms with Crippen molar-refractivity contribution >= 4 is 27.5 Å². The monoisotopic (exact) mass is 345 g/mol. The minimum atomic E-state index is 0.129. The summed E-state index contributed by atoms with van der Waals surface area (Å²) in [6.07, 6.45) is 3.46. The zero-order valence-electron chi connectivity index (χ0n) is 14.8. The summed E-state index contributed by atoms with van der Waals surface area (Å²) in [5.41, 5.74) is 1.07. The van der Waals surface area contributed by atoms with E-state index in [0.29, 0.717) is 12.5 Å². The summed E-state index contributed by atoms with van der Waals surface area (Å²) in [6, 6.07) is 8.77. The van der Waals surface area contributed by atoms with E-state index in [-0.39, 0.29) is 18.0 Å². The second-order valence-corrected chi connectivity index (χ2v) is 8.16. The Morgan fingerprint density at radius 1 is 1.33 bits per heavy atom. The SMILES string of the molecule is CC(C)C(C)NC(=O)CN1CCCCC1c1nc2ccccc2s1. The molecule has 2 unspecified atom stereocenters. The van der Waals surface area contributed by atoms with Crippen molar-refractivity contribution < 1.29 is 4.79 Å². The van der Waals surface area contributed by atoms with E-state index in [1.54, 1.807) is 11.3 Å². The van der Waals surface area contributed by atoms with E-state index in [1.165, 1.54) is 11.1 Å². The van der Waals surface area contributed by atoms with Gasteiger partial charge in [-0.3, -0.25) is 9.69 Å². The number of para-hydroxylation sites is 1. The molecule has 24 heavy (non-hydrogen) atoms. The Morgan fingerprint density at radius 3 is 2.88 bits per heavy atom. The minimum absolute atomic E-state index is 0.129. The molecule has 0 saturated carbocycles. The van der Waals surface area contributed by atoms with E-state index < -0.39 is 0 Å². The molecular formula is C19H27N3OS. The molecule has 2 aromatic rings. The number of benzene rings is 1. The first-order chi connectivity index (χ1) is 11.5. The lowest BCUT2D eigenvalue weighted by molar-refractivity contribution is -0.124. The summed E-state index contributed by atoms with van der Waals surface area (Å²) in [5, 5.41) is 4.28. The van der Waals surface area contributed by atoms with Crippen molar-refractivity contribution in [2.24, 2.45) is 5.92 Å². The minimum Gasteiger partial charge on any atom is -0.352 e. The van der Waals surface area contributed by atoms with E-state index in [1.807, 2.05) is 6.07 Å². The second kappa shape index (κ2) is 7.62. The molecule has 0 spiro atoms. The molecular weight excluding hydrogens is 318 g/mol. The van der Waals surface area contributed by atoms with Gasteiger partial charge < -0.3 is 5.32 Å². The molecule has 1 aliphatic rings. The number of hydrogen-bond donors (Lipinski definition) is 1. The van der Waals surface area contributed by atoms with Gasteiger partial charge in [0.05, 0.1) is 22.8 Å². The number of carbonyl (C=O) groups is 1. The van der Waals surface area contributed by atoms with Gasteiger partial charge in [0.15, 0.2) is 0 Å². The van der Waals surface area contributed by atoms with Gasteiger partial charge in [-0.2, -0.15) is 0 Å². The Hall–Kier alpha value is -1.46. The largest absolute Gasteiger partial charge is 0.352 e. The van der Waals surface area contributed by atoms with E-state index in [0.717, 1.165) is 29.9 Å². The first-order valence-electron chi connectivity index (χ1n) is 8.93. The van der Waals surface area contributed by atoms with Crippen LogP contribution < -0.4 is 5.32 Å². The number of rotatable bonds is 5. The van der Waals surface area contributed by atoms with Crippen LogP contribution in [0.2, 0.25) is 0 Å². The summed E-state index contributed by atoms with van der Waals surface area (Å²) >= 11 is 1.77. The highest BCUT2D eigenvalue weighted by atomic mass is 32.1. The zero-order chi connectivity index (χ0) is 17.1. The van der Waals surface area contributed by atoms with Gasteiger partial charge in [-0.1, -0.05) is 32.4 Å². The predicted octanol–water partition coefficient (Wildman–Crippen LogP) is 3.98. The number of aromatic nitrogens is 1. The zero-order valence-corrected chi connectivity index (χ0v) is 15.6. The number of amides is 1. The number of carbonyl (C=O) groups excluding carboxylic acids is 1. The predicted molar refractivity (Wildman–Crippen MR) is 100 cm³/mol. The lowest BCUT2D eigenvalue weighted by Gasteiger charge is -2.34. The van der Waals surface area contributed by atoms with Crippen molar-refractivity contribution in [3.8, 4) is 0 Å². The van der Waals surface area contributed by atoms with Crippen LogP contribution in [-0.4, -0.2) is 34.9 Å². The Morgan fingerprint density at radius 2 is 2.12 bits per heavy atom. The molecule has 130 valence electrons. The number of thiazole rings is 1. The van der Waals surface area contributed by atoms with E-state index >= 15 is 0 Å². The summed E-state index contributed by atoms with van der Waals surface area (Å²) in [6.45, 7) is 7.79. The van der Waals surface area contributed by atoms with Crippen LogP contribution >= 0.6 is 11.3 Å². The maximum Gasteiger partial charge on any atom is 0.234 e. The molecule has 0 aliphatic carbocycles. The molecule has 2 heterocycles. The van der Waals surface area contributed by atoms with Crippen molar-refractivity contribution in [2.75, 3.05) is 13.1 Å². The average Bonchev–Trinajstić information content (AvgIpc) is 2.98. The molecule has 2 atom stereocenters. The summed E-state index contributed by atoms with van der Waals surface area (Å²) in [5.74, 6) is 0.583. The third-order valence-electron chi connectivity index (χ3n) is 4.94. The topological polar surface area (TPSA) is 45.2 Å². The van der Waals surface area contributed by atoms with Crippen LogP contribution in [0, 0.1) is 5.92 Å². The Balaban J connectivity index is 1.72. The lowest BCUT2D eigenvalue weighted by atomic mass is 10.0. The second-order valence-electron chi connectivity index (χ2n) is 7.10. The number of hydrogen-bond acceptors (Lipinski definition) is 4. The van der Waals surface area contributed by atoms with E-state index in [9.17, 15) is 4.79 Å². The third kappa shape index (κ3) is 3.95. The van der Waals surface area contributed by atoms with E-state index in [4.69, 9.17) is 4.98 Å². The van der Waals surface area contributed by atoms with Crippen LogP contribution in [0.4, 0.5) is 0 Å². The number of nitrogens with one attached hydrogen (secondary N) is 1. The van der Waals surface area contributed by atoms with Crippen LogP contribution in [0.25, 0.3) is 10.2 Å². The van der Waals surface area contributed by atoms with Crippen molar-refractivity contribution in [2.45, 2.75) is 52.1 Å². The summed E-state index contributed by atoms with van der Waals surface area (Å²) in [7, 11) is 0. The Labute approximate surface area is 148 Å². The van der Waals surface area contributed by atoms with Crippen LogP contribution in [0.3, 0.4) is 0 Å². The Bertz CT molecular complexity index is 664. The van der Waals surface area contributed by atoms with Gasteiger partial charge in [0, 0.05) is 6.04 Å². The van der Waals surface area contributed by atoms with Crippen molar-refractivity contribution in [1.82, 2.24) is 15.2 Å². The lowest BCUT2D eigenvalue weighted by Crippen LogP contribution is -2.45. The van der Waals surface area contributed by atoms with Crippen LogP contribution in [-0.2, 0) is 4.79 Å². The molecule has 1 saturated heterocycles. The Kier molecular flexibility index (Phi) is 5.51. The quantitative estimate of drug-likeness (QED) is 0.891. The fourth-order valence-corrected chi connectivity index (χ4v) is 4.28. The molecule has 1 aliphatic heterocycles. The standard InChI is InChI=1S/C19H27N3OS/c1-13(2)14(3)20-18(23)12-22-11-7-6-9-16(22)19-21-15-8-4-5-10-17(15)24-19/h4-5,8,10,13-14,16H,6-7,9,11-12H2,1-3H3,(H,20,23). The van der Waals surface area contributed by atoms with Gasteiger partial charge in [-0.05, 0) is 44.4 Å². The molecule has 1 fully saturated rings. The van der Waals surface area contributed by atoms with Crippen molar-refractivity contribution in [1.29, 1.82) is 0 Å². The third-order valence-corrected chi connectivity index (χ3v) is 6.08. The van der Waals surface area contributed by atoms with Gasteiger partial charge in [0.25, 0.3) is 0 Å². The molecule has 1 aromatic carbocycles. The van der Waals surface area contributed by atoms with Crippen LogP contribution in [0.15, 0.2) is 24.3 Å². The molecule has 3 rings (SSSR count). The maximum atomic E-state index is 12.4. The fraction of sp³-hybridized carbons (Fsp3) is 0.579. The first-order valence-corrected chi connectivity index (χ1v) is 9.75. The molecule has 0 bridgehead atoms. The van der Waals surface area contributed by atoms with E-state index in [2.05, 4.69) is 49.2 Å².